The van der Waals surface area contributed by atoms with Gasteiger partial charge in [-0.15, -0.1) is 0 Å². The molecule has 0 atom stereocenters. The molecule has 3 rings (SSSR count). The normalized spacial score (nSPS) is 20.1. The van der Waals surface area contributed by atoms with Crippen LogP contribution in [0.1, 0.15) is 38.5 Å². The number of carbonyl (C=O) groups is 2. The van der Waals surface area contributed by atoms with Crippen LogP contribution < -0.4 is 5.32 Å². The second-order valence-corrected chi connectivity index (χ2v) is 6.25. The first-order valence-electron chi connectivity index (χ1n) is 7.98. The summed E-state index contributed by atoms with van der Waals surface area (Å²) in [6.45, 7) is 1.51. The number of benzene rings is 1. The van der Waals surface area contributed by atoms with Crippen LogP contribution in [0.15, 0.2) is 24.3 Å². The predicted molar refractivity (Wildman–Crippen MR) is 81.7 cm³/mol. The minimum absolute atomic E-state index is 0.0333. The van der Waals surface area contributed by atoms with E-state index in [-0.39, 0.29) is 17.6 Å². The molecule has 0 bridgehead atoms. The van der Waals surface area contributed by atoms with Crippen LogP contribution >= 0.6 is 0 Å². The lowest BCUT2D eigenvalue weighted by Gasteiger charge is -2.25. The smallest absolute Gasteiger partial charge is 0.240 e. The average molecular weight is 304 g/mol. The average Bonchev–Trinajstić information content (AvgIpc) is 3.34. The van der Waals surface area contributed by atoms with Crippen molar-refractivity contribution >= 4 is 17.5 Å². The number of nitrogens with one attached hydrogen (secondary N) is 1. The lowest BCUT2D eigenvalue weighted by molar-refractivity contribution is -0.142. The standard InChI is InChI=1S/C17H21FN2O2/c18-13-5-7-14(8-6-13)19-15(21)17(9-10-17)16(22)20-11-3-1-2-4-12-20/h5-8H,1-4,9-12H2,(H,19,21). The Morgan fingerprint density at radius 3 is 2.14 bits per heavy atom. The number of carbonyl (C=O) groups excluding carboxylic acids is 2. The van der Waals surface area contributed by atoms with Crippen LogP contribution in [-0.2, 0) is 9.59 Å². The SMILES string of the molecule is O=C(Nc1ccc(F)cc1)C1(C(=O)N2CCCCCC2)CC1. The molecule has 2 amide bonds. The quantitative estimate of drug-likeness (QED) is 0.873. The minimum Gasteiger partial charge on any atom is -0.342 e. The number of hydrogen-bond donors (Lipinski definition) is 1. The van der Waals surface area contributed by atoms with Crippen molar-refractivity contribution in [3.8, 4) is 0 Å². The third-order valence-corrected chi connectivity index (χ3v) is 4.59. The predicted octanol–water partition coefficient (Wildman–Crippen LogP) is 2.95. The lowest BCUT2D eigenvalue weighted by Crippen LogP contribution is -2.43. The number of halogens is 1. The third kappa shape index (κ3) is 2.98. The molecule has 2 aliphatic rings. The molecule has 22 heavy (non-hydrogen) atoms. The Hall–Kier alpha value is -1.91. The van der Waals surface area contributed by atoms with Gasteiger partial charge in [0.25, 0.3) is 0 Å². The fourth-order valence-electron chi connectivity index (χ4n) is 3.02. The van der Waals surface area contributed by atoms with Crippen molar-refractivity contribution in [2.45, 2.75) is 38.5 Å². The Labute approximate surface area is 129 Å². The highest BCUT2D eigenvalue weighted by atomic mass is 19.1. The topological polar surface area (TPSA) is 49.4 Å². The maximum absolute atomic E-state index is 12.9. The highest BCUT2D eigenvalue weighted by Crippen LogP contribution is 2.48. The van der Waals surface area contributed by atoms with Crippen LogP contribution in [0.4, 0.5) is 10.1 Å². The van der Waals surface area contributed by atoms with E-state index in [2.05, 4.69) is 5.32 Å². The first-order chi connectivity index (χ1) is 10.6. The summed E-state index contributed by atoms with van der Waals surface area (Å²) in [5, 5.41) is 2.75. The van der Waals surface area contributed by atoms with E-state index in [1.807, 2.05) is 4.90 Å². The van der Waals surface area contributed by atoms with Gasteiger partial charge in [0.1, 0.15) is 11.2 Å². The molecular formula is C17H21FN2O2. The molecule has 0 unspecified atom stereocenters. The Morgan fingerprint density at radius 1 is 1.00 bits per heavy atom. The number of hydrogen-bond acceptors (Lipinski definition) is 2. The van der Waals surface area contributed by atoms with E-state index in [1.54, 1.807) is 0 Å². The van der Waals surface area contributed by atoms with Crippen molar-refractivity contribution in [3.63, 3.8) is 0 Å². The van der Waals surface area contributed by atoms with Gasteiger partial charge in [-0.25, -0.2) is 4.39 Å². The second kappa shape index (κ2) is 6.07. The molecule has 1 N–H and O–H groups in total. The van der Waals surface area contributed by atoms with E-state index in [1.165, 1.54) is 24.3 Å². The van der Waals surface area contributed by atoms with Crippen LogP contribution in [0.25, 0.3) is 0 Å². The first kappa shape index (κ1) is 15.0. The van der Waals surface area contributed by atoms with E-state index in [4.69, 9.17) is 0 Å². The molecule has 1 heterocycles. The van der Waals surface area contributed by atoms with Gasteiger partial charge in [-0.3, -0.25) is 9.59 Å². The first-order valence-corrected chi connectivity index (χ1v) is 7.98. The summed E-state index contributed by atoms with van der Waals surface area (Å²) in [5.74, 6) is -0.637. The molecule has 1 saturated heterocycles. The molecule has 2 fully saturated rings. The van der Waals surface area contributed by atoms with Gasteiger partial charge in [-0.2, -0.15) is 0 Å². The molecule has 0 radical (unpaired) electrons. The summed E-state index contributed by atoms with van der Waals surface area (Å²) in [5.41, 5.74) is -0.361. The van der Waals surface area contributed by atoms with Crippen LogP contribution in [0.3, 0.4) is 0 Å². The molecule has 1 aliphatic heterocycles. The lowest BCUT2D eigenvalue weighted by atomic mass is 10.0. The summed E-state index contributed by atoms with van der Waals surface area (Å²) < 4.78 is 12.9. The van der Waals surface area contributed by atoms with Crippen molar-refractivity contribution in [2.24, 2.45) is 5.41 Å². The summed E-state index contributed by atoms with van der Waals surface area (Å²) in [4.78, 5) is 27.1. The fraction of sp³-hybridized carbons (Fsp3) is 0.529. The Balaban J connectivity index is 1.68. The van der Waals surface area contributed by atoms with Crippen molar-refractivity contribution < 1.29 is 14.0 Å². The summed E-state index contributed by atoms with van der Waals surface area (Å²) in [6.07, 6.45) is 5.55. The van der Waals surface area contributed by atoms with Crippen molar-refractivity contribution in [1.29, 1.82) is 0 Å². The van der Waals surface area contributed by atoms with Crippen molar-refractivity contribution in [2.75, 3.05) is 18.4 Å². The molecule has 4 nitrogen and oxygen atoms in total. The van der Waals surface area contributed by atoms with E-state index in [0.717, 1.165) is 38.8 Å². The van der Waals surface area contributed by atoms with Gasteiger partial charge in [0.15, 0.2) is 0 Å². The highest BCUT2D eigenvalue weighted by Gasteiger charge is 2.57. The summed E-state index contributed by atoms with van der Waals surface area (Å²) >= 11 is 0. The van der Waals surface area contributed by atoms with Gasteiger partial charge in [-0.05, 0) is 49.9 Å². The van der Waals surface area contributed by atoms with Gasteiger partial charge in [0, 0.05) is 18.8 Å². The fourth-order valence-corrected chi connectivity index (χ4v) is 3.02. The number of anilines is 1. The number of likely N-dealkylation sites (tertiary alicyclic amines) is 1. The second-order valence-electron chi connectivity index (χ2n) is 6.25. The number of nitrogens with zero attached hydrogens (tertiary/aromatic N) is 1. The maximum Gasteiger partial charge on any atom is 0.240 e. The van der Waals surface area contributed by atoms with E-state index in [9.17, 15) is 14.0 Å². The van der Waals surface area contributed by atoms with E-state index < -0.39 is 5.41 Å². The van der Waals surface area contributed by atoms with Gasteiger partial charge < -0.3 is 10.2 Å². The van der Waals surface area contributed by atoms with Crippen molar-refractivity contribution in [3.05, 3.63) is 30.1 Å². The molecule has 1 aliphatic carbocycles. The maximum atomic E-state index is 12.9. The Kier molecular flexibility index (Phi) is 4.14. The molecule has 0 aromatic heterocycles. The van der Waals surface area contributed by atoms with E-state index >= 15 is 0 Å². The highest BCUT2D eigenvalue weighted by molar-refractivity contribution is 6.13. The molecular weight excluding hydrogens is 283 g/mol. The molecule has 118 valence electrons. The zero-order valence-corrected chi connectivity index (χ0v) is 12.6. The molecule has 0 spiro atoms. The summed E-state index contributed by atoms with van der Waals surface area (Å²) in [6, 6.07) is 5.62. The van der Waals surface area contributed by atoms with Crippen LogP contribution in [0, 0.1) is 11.2 Å². The van der Waals surface area contributed by atoms with Gasteiger partial charge >= 0.3 is 0 Å². The van der Waals surface area contributed by atoms with Crippen LogP contribution in [-0.4, -0.2) is 29.8 Å². The zero-order valence-electron chi connectivity index (χ0n) is 12.6. The molecule has 1 saturated carbocycles. The van der Waals surface area contributed by atoms with E-state index in [0.29, 0.717) is 18.5 Å². The summed E-state index contributed by atoms with van der Waals surface area (Å²) in [7, 11) is 0. The number of amides is 2. The Morgan fingerprint density at radius 2 is 1.59 bits per heavy atom. The van der Waals surface area contributed by atoms with Crippen LogP contribution in [0.2, 0.25) is 0 Å². The molecule has 1 aromatic rings. The third-order valence-electron chi connectivity index (χ3n) is 4.59. The van der Waals surface area contributed by atoms with Crippen LogP contribution in [0.5, 0.6) is 0 Å². The zero-order chi connectivity index (χ0) is 15.6. The molecule has 1 aromatic carbocycles. The van der Waals surface area contributed by atoms with Gasteiger partial charge in [-0.1, -0.05) is 12.8 Å². The van der Waals surface area contributed by atoms with Gasteiger partial charge in [0.05, 0.1) is 0 Å². The largest absolute Gasteiger partial charge is 0.342 e. The number of rotatable bonds is 3. The molecule has 5 heteroatoms. The van der Waals surface area contributed by atoms with Gasteiger partial charge in [0.2, 0.25) is 11.8 Å². The van der Waals surface area contributed by atoms with Crippen molar-refractivity contribution in [1.82, 2.24) is 4.90 Å². The Bertz CT molecular complexity index is 559. The monoisotopic (exact) mass is 304 g/mol. The minimum atomic E-state index is -0.890.